The number of hydrogen-bond donors (Lipinski definition) is 1. The first-order valence-corrected chi connectivity index (χ1v) is 6.65. The number of furan rings is 1. The fraction of sp³-hybridized carbons (Fsp3) is 0.312. The topological polar surface area (TPSA) is 59.7 Å². The molecule has 4 nitrogen and oxygen atoms in total. The van der Waals surface area contributed by atoms with Crippen molar-refractivity contribution in [2.45, 2.75) is 32.5 Å². The molecule has 0 aliphatic carbocycles. The summed E-state index contributed by atoms with van der Waals surface area (Å²) in [6.07, 6.45) is 3.50. The normalized spacial score (nSPS) is 10.4. The van der Waals surface area contributed by atoms with E-state index >= 15 is 0 Å². The van der Waals surface area contributed by atoms with E-state index in [0.29, 0.717) is 17.7 Å². The molecular formula is C16H18O4. The van der Waals surface area contributed by atoms with Crippen LogP contribution in [0.2, 0.25) is 0 Å². The van der Waals surface area contributed by atoms with Crippen LogP contribution in [-0.4, -0.2) is 11.1 Å². The Kier molecular flexibility index (Phi) is 5.38. The zero-order valence-electron chi connectivity index (χ0n) is 11.2. The third-order valence-corrected chi connectivity index (χ3v) is 3.06. The van der Waals surface area contributed by atoms with Gasteiger partial charge in [0.1, 0.15) is 19.0 Å². The molecule has 0 amide bonds. The summed E-state index contributed by atoms with van der Waals surface area (Å²) in [5.41, 5.74) is 1.93. The second kappa shape index (κ2) is 7.50. The highest BCUT2D eigenvalue weighted by molar-refractivity contribution is 5.69. The Labute approximate surface area is 118 Å². The second-order valence-corrected chi connectivity index (χ2v) is 4.53. The quantitative estimate of drug-likeness (QED) is 0.789. The number of aliphatic hydroxyl groups is 1. The van der Waals surface area contributed by atoms with Gasteiger partial charge in [0.2, 0.25) is 0 Å². The minimum absolute atomic E-state index is 0.149. The van der Waals surface area contributed by atoms with Crippen molar-refractivity contribution in [2.75, 3.05) is 0 Å². The van der Waals surface area contributed by atoms with Crippen molar-refractivity contribution in [3.8, 4) is 0 Å². The van der Waals surface area contributed by atoms with Gasteiger partial charge in [-0.3, -0.25) is 4.79 Å². The fourth-order valence-electron chi connectivity index (χ4n) is 1.95. The van der Waals surface area contributed by atoms with Gasteiger partial charge >= 0.3 is 5.97 Å². The Morgan fingerprint density at radius 1 is 1.20 bits per heavy atom. The summed E-state index contributed by atoms with van der Waals surface area (Å²) in [6.45, 7) is -0.0372. The molecule has 0 atom stereocenters. The summed E-state index contributed by atoms with van der Waals surface area (Å²) in [5, 5.41) is 9.01. The average molecular weight is 274 g/mol. The molecule has 0 saturated heterocycles. The van der Waals surface area contributed by atoms with Crippen molar-refractivity contribution < 1.29 is 19.1 Å². The van der Waals surface area contributed by atoms with Crippen LogP contribution in [0.15, 0.2) is 47.1 Å². The highest BCUT2D eigenvalue weighted by atomic mass is 16.5. The van der Waals surface area contributed by atoms with Gasteiger partial charge in [0.05, 0.1) is 6.26 Å². The van der Waals surface area contributed by atoms with Crippen LogP contribution in [0.4, 0.5) is 0 Å². The molecule has 106 valence electrons. The lowest BCUT2D eigenvalue weighted by Gasteiger charge is -2.04. The van der Waals surface area contributed by atoms with Crippen LogP contribution in [0.5, 0.6) is 0 Å². The van der Waals surface area contributed by atoms with E-state index in [9.17, 15) is 4.79 Å². The average Bonchev–Trinajstić information content (AvgIpc) is 2.94. The summed E-state index contributed by atoms with van der Waals surface area (Å²) in [6, 6.07) is 11.7. The summed E-state index contributed by atoms with van der Waals surface area (Å²) in [7, 11) is 0. The summed E-state index contributed by atoms with van der Waals surface area (Å²) in [4.78, 5) is 11.6. The molecule has 0 fully saturated rings. The van der Waals surface area contributed by atoms with E-state index in [0.717, 1.165) is 12.8 Å². The van der Waals surface area contributed by atoms with Gasteiger partial charge in [-0.2, -0.15) is 0 Å². The van der Waals surface area contributed by atoms with Crippen LogP contribution in [0.1, 0.15) is 29.7 Å². The monoisotopic (exact) mass is 274 g/mol. The number of hydrogen-bond acceptors (Lipinski definition) is 4. The molecule has 0 saturated carbocycles. The number of aryl methyl sites for hydroxylation is 1. The van der Waals surface area contributed by atoms with E-state index in [2.05, 4.69) is 0 Å². The molecule has 1 aromatic carbocycles. The highest BCUT2D eigenvalue weighted by Gasteiger charge is 2.08. The maximum atomic E-state index is 11.6. The van der Waals surface area contributed by atoms with Crippen molar-refractivity contribution in [2.24, 2.45) is 0 Å². The molecule has 1 aromatic heterocycles. The number of carbonyl (C=O) groups excluding carboxylic acids is 1. The fourth-order valence-corrected chi connectivity index (χ4v) is 1.95. The zero-order chi connectivity index (χ0) is 14.2. The van der Waals surface area contributed by atoms with Crippen molar-refractivity contribution in [1.29, 1.82) is 0 Å². The lowest BCUT2D eigenvalue weighted by Crippen LogP contribution is -2.05. The van der Waals surface area contributed by atoms with Crippen LogP contribution in [0.3, 0.4) is 0 Å². The third kappa shape index (κ3) is 4.24. The maximum Gasteiger partial charge on any atom is 0.306 e. The number of esters is 1. The molecule has 1 heterocycles. The molecule has 0 aliphatic rings. The third-order valence-electron chi connectivity index (χ3n) is 3.06. The van der Waals surface area contributed by atoms with Crippen molar-refractivity contribution in [3.63, 3.8) is 0 Å². The highest BCUT2D eigenvalue weighted by Crippen LogP contribution is 2.12. The van der Waals surface area contributed by atoms with E-state index in [-0.39, 0.29) is 19.2 Å². The van der Waals surface area contributed by atoms with Gasteiger partial charge in [-0.05, 0) is 24.5 Å². The first kappa shape index (κ1) is 14.3. The van der Waals surface area contributed by atoms with Gasteiger partial charge in [-0.1, -0.05) is 30.3 Å². The lowest BCUT2D eigenvalue weighted by molar-refractivity contribution is -0.145. The van der Waals surface area contributed by atoms with Crippen LogP contribution in [-0.2, 0) is 29.2 Å². The van der Waals surface area contributed by atoms with Crippen LogP contribution < -0.4 is 0 Å². The van der Waals surface area contributed by atoms with E-state index < -0.39 is 0 Å². The minimum Gasteiger partial charge on any atom is -0.466 e. The number of benzene rings is 1. The van der Waals surface area contributed by atoms with Gasteiger partial charge in [0, 0.05) is 12.0 Å². The van der Waals surface area contributed by atoms with E-state index in [1.807, 2.05) is 30.3 Å². The Hall–Kier alpha value is -2.07. The molecule has 2 rings (SSSR count). The lowest BCUT2D eigenvalue weighted by atomic mass is 10.1. The standard InChI is InChI=1S/C16H18O4/c17-11-15-14(9-10-19-15)12-20-16(18)8-4-7-13-5-2-1-3-6-13/h1-3,5-6,9-10,17H,4,7-8,11-12H2. The number of rotatable bonds is 7. The van der Waals surface area contributed by atoms with Crippen LogP contribution in [0, 0.1) is 0 Å². The Balaban J connectivity index is 1.68. The van der Waals surface area contributed by atoms with Gasteiger partial charge in [-0.25, -0.2) is 0 Å². The van der Waals surface area contributed by atoms with E-state index in [1.165, 1.54) is 11.8 Å². The summed E-state index contributed by atoms with van der Waals surface area (Å²) < 4.78 is 10.2. The van der Waals surface area contributed by atoms with E-state index in [4.69, 9.17) is 14.3 Å². The Bertz CT molecular complexity index is 530. The van der Waals surface area contributed by atoms with Gasteiger partial charge in [0.25, 0.3) is 0 Å². The second-order valence-electron chi connectivity index (χ2n) is 4.53. The molecule has 0 radical (unpaired) electrons. The first-order valence-electron chi connectivity index (χ1n) is 6.65. The summed E-state index contributed by atoms with van der Waals surface area (Å²) >= 11 is 0. The Morgan fingerprint density at radius 3 is 2.75 bits per heavy atom. The predicted octanol–water partition coefficient (Wildman–Crippen LogP) is 2.84. The first-order chi connectivity index (χ1) is 9.79. The molecule has 4 heteroatoms. The number of ether oxygens (including phenoxy) is 1. The SMILES string of the molecule is O=C(CCCc1ccccc1)OCc1ccoc1CO. The molecule has 0 unspecified atom stereocenters. The molecule has 0 spiro atoms. The number of carbonyl (C=O) groups is 1. The molecule has 0 aliphatic heterocycles. The van der Waals surface area contributed by atoms with Crippen molar-refractivity contribution >= 4 is 5.97 Å². The molecular weight excluding hydrogens is 256 g/mol. The Morgan fingerprint density at radius 2 is 2.00 bits per heavy atom. The van der Waals surface area contributed by atoms with E-state index in [1.54, 1.807) is 6.07 Å². The van der Waals surface area contributed by atoms with Gasteiger partial charge in [-0.15, -0.1) is 0 Å². The van der Waals surface area contributed by atoms with Crippen molar-refractivity contribution in [3.05, 3.63) is 59.5 Å². The largest absolute Gasteiger partial charge is 0.466 e. The summed E-state index contributed by atoms with van der Waals surface area (Å²) in [5.74, 6) is 0.216. The predicted molar refractivity (Wildman–Crippen MR) is 73.8 cm³/mol. The molecule has 0 bridgehead atoms. The van der Waals surface area contributed by atoms with Crippen LogP contribution in [0.25, 0.3) is 0 Å². The maximum absolute atomic E-state index is 11.6. The minimum atomic E-state index is -0.231. The van der Waals surface area contributed by atoms with Gasteiger partial charge in [0.15, 0.2) is 0 Å². The molecule has 2 aromatic rings. The van der Waals surface area contributed by atoms with Crippen molar-refractivity contribution in [1.82, 2.24) is 0 Å². The molecule has 20 heavy (non-hydrogen) atoms. The zero-order valence-corrected chi connectivity index (χ0v) is 11.2. The molecule has 1 N–H and O–H groups in total. The number of aliphatic hydroxyl groups excluding tert-OH is 1. The van der Waals surface area contributed by atoms with Crippen LogP contribution >= 0.6 is 0 Å². The smallest absolute Gasteiger partial charge is 0.306 e. The van der Waals surface area contributed by atoms with Gasteiger partial charge < -0.3 is 14.3 Å².